The highest BCUT2D eigenvalue weighted by Crippen LogP contribution is 2.34. The maximum atomic E-state index is 12.2. The Labute approximate surface area is 223 Å². The normalized spacial score (nSPS) is 10.5. The monoisotopic (exact) mass is 596 g/mol. The molecule has 184 valence electrons. The summed E-state index contributed by atoms with van der Waals surface area (Å²) in [6.45, 7) is 2.21. The highest BCUT2D eigenvalue weighted by Gasteiger charge is 2.13. The van der Waals surface area contributed by atoms with Crippen LogP contribution in [-0.4, -0.2) is 25.1 Å². The third kappa shape index (κ3) is 7.29. The second-order valence-electron chi connectivity index (χ2n) is 7.62. The zero-order valence-electron chi connectivity index (χ0n) is 19.9. The smallest absolute Gasteiger partial charge is 0.249 e. The van der Waals surface area contributed by atoms with E-state index in [-0.39, 0.29) is 13.0 Å². The summed E-state index contributed by atoms with van der Waals surface area (Å²) >= 11 is 2.12. The van der Waals surface area contributed by atoms with Crippen molar-refractivity contribution in [2.75, 3.05) is 12.4 Å². The van der Waals surface area contributed by atoms with Gasteiger partial charge in [-0.2, -0.15) is 10.4 Å². The van der Waals surface area contributed by atoms with Gasteiger partial charge in [0.05, 0.1) is 28.5 Å². The zero-order valence-corrected chi connectivity index (χ0v) is 22.0. The van der Waals surface area contributed by atoms with Crippen molar-refractivity contribution in [1.82, 2.24) is 5.43 Å². The van der Waals surface area contributed by atoms with Gasteiger partial charge in [-0.1, -0.05) is 43.3 Å². The fraction of sp³-hybridized carbons (Fsp3) is 0.185. The van der Waals surface area contributed by atoms with Crippen molar-refractivity contribution in [2.45, 2.75) is 26.4 Å². The van der Waals surface area contributed by atoms with E-state index in [0.717, 1.165) is 21.1 Å². The zero-order chi connectivity index (χ0) is 25.9. The van der Waals surface area contributed by atoms with E-state index in [2.05, 4.69) is 44.5 Å². The molecule has 2 N–H and O–H groups in total. The number of anilines is 1. The first kappa shape index (κ1) is 26.7. The summed E-state index contributed by atoms with van der Waals surface area (Å²) in [5, 5.41) is 16.0. The quantitative estimate of drug-likeness (QED) is 0.151. The summed E-state index contributed by atoms with van der Waals surface area (Å²) in [6, 6.07) is 20.4. The molecule has 9 heteroatoms. The Balaban J connectivity index is 1.59. The van der Waals surface area contributed by atoms with E-state index in [1.165, 1.54) is 13.3 Å². The third-order valence-corrected chi connectivity index (χ3v) is 5.96. The average molecular weight is 596 g/mol. The van der Waals surface area contributed by atoms with Gasteiger partial charge in [-0.3, -0.25) is 9.59 Å². The van der Waals surface area contributed by atoms with Crippen molar-refractivity contribution in [3.63, 3.8) is 0 Å². The van der Waals surface area contributed by atoms with Crippen LogP contribution < -0.4 is 20.2 Å². The molecular weight excluding hydrogens is 571 g/mol. The molecule has 3 aromatic rings. The first-order chi connectivity index (χ1) is 17.4. The number of hydrogen-bond acceptors (Lipinski definition) is 6. The topological polar surface area (TPSA) is 113 Å². The minimum absolute atomic E-state index is 0.213. The maximum absolute atomic E-state index is 12.2. The number of nitriles is 1. The molecule has 0 aliphatic carbocycles. The van der Waals surface area contributed by atoms with E-state index in [1.54, 1.807) is 24.3 Å². The summed E-state index contributed by atoms with van der Waals surface area (Å²) in [4.78, 5) is 24.4. The van der Waals surface area contributed by atoms with Crippen LogP contribution in [0.3, 0.4) is 0 Å². The van der Waals surface area contributed by atoms with Crippen molar-refractivity contribution < 1.29 is 19.1 Å². The van der Waals surface area contributed by atoms with E-state index < -0.39 is 11.8 Å². The Morgan fingerprint density at radius 1 is 1.08 bits per heavy atom. The minimum atomic E-state index is -0.532. The lowest BCUT2D eigenvalue weighted by molar-refractivity contribution is -0.126. The lowest BCUT2D eigenvalue weighted by Crippen LogP contribution is -2.25. The predicted octanol–water partition coefficient (Wildman–Crippen LogP) is 4.79. The fourth-order valence-corrected chi connectivity index (χ4v) is 4.15. The number of methoxy groups -OCH3 is 1. The molecule has 2 amide bonds. The van der Waals surface area contributed by atoms with Crippen LogP contribution in [0.4, 0.5) is 5.69 Å². The molecule has 0 spiro atoms. The van der Waals surface area contributed by atoms with Gasteiger partial charge >= 0.3 is 0 Å². The molecule has 36 heavy (non-hydrogen) atoms. The Bertz CT molecular complexity index is 1320. The SMILES string of the molecule is CCc1ccccc1NC(=O)CC(=O)NN=Cc1cc(I)c(OCc2ccccc2C#N)c(OC)c1. The molecule has 3 aromatic carbocycles. The Kier molecular flexibility index (Phi) is 9.82. The van der Waals surface area contributed by atoms with Gasteiger partial charge in [0.1, 0.15) is 13.0 Å². The minimum Gasteiger partial charge on any atom is -0.493 e. The van der Waals surface area contributed by atoms with Crippen molar-refractivity contribution in [1.29, 1.82) is 5.26 Å². The van der Waals surface area contributed by atoms with Gasteiger partial charge in [-0.25, -0.2) is 5.43 Å². The largest absolute Gasteiger partial charge is 0.493 e. The number of nitrogens with one attached hydrogen (secondary N) is 2. The summed E-state index contributed by atoms with van der Waals surface area (Å²) in [5.41, 5.74) is 6.05. The van der Waals surface area contributed by atoms with Crippen LogP contribution in [0.5, 0.6) is 11.5 Å². The fourth-order valence-electron chi connectivity index (χ4n) is 3.37. The van der Waals surface area contributed by atoms with Gasteiger partial charge in [-0.05, 0) is 64.4 Å². The molecule has 0 unspecified atom stereocenters. The maximum Gasteiger partial charge on any atom is 0.249 e. The molecule has 8 nitrogen and oxygen atoms in total. The molecule has 0 bridgehead atoms. The van der Waals surface area contributed by atoms with Gasteiger partial charge in [-0.15, -0.1) is 0 Å². The third-order valence-electron chi connectivity index (χ3n) is 5.16. The number of nitrogens with zero attached hydrogens (tertiary/aromatic N) is 2. The van der Waals surface area contributed by atoms with Crippen molar-refractivity contribution in [2.24, 2.45) is 5.10 Å². The number of halogens is 1. The number of para-hydroxylation sites is 1. The average Bonchev–Trinajstić information content (AvgIpc) is 2.88. The van der Waals surface area contributed by atoms with Crippen LogP contribution in [-0.2, 0) is 22.6 Å². The molecule has 0 aromatic heterocycles. The first-order valence-electron chi connectivity index (χ1n) is 11.1. The number of ether oxygens (including phenoxy) is 2. The van der Waals surface area contributed by atoms with Crippen LogP contribution in [0, 0.1) is 14.9 Å². The number of benzene rings is 3. The molecular formula is C27H25IN4O4. The molecule has 0 heterocycles. The van der Waals surface area contributed by atoms with Crippen molar-refractivity contribution in [3.8, 4) is 17.6 Å². The Morgan fingerprint density at radius 3 is 2.53 bits per heavy atom. The highest BCUT2D eigenvalue weighted by atomic mass is 127. The van der Waals surface area contributed by atoms with E-state index in [1.807, 2.05) is 43.3 Å². The number of carbonyl (C=O) groups excluding carboxylic acids is 2. The van der Waals surface area contributed by atoms with E-state index in [9.17, 15) is 14.9 Å². The van der Waals surface area contributed by atoms with Crippen LogP contribution in [0.15, 0.2) is 65.8 Å². The van der Waals surface area contributed by atoms with Crippen LogP contribution >= 0.6 is 22.6 Å². The van der Waals surface area contributed by atoms with Crippen molar-refractivity contribution in [3.05, 3.63) is 86.5 Å². The van der Waals surface area contributed by atoms with Gasteiger partial charge in [0.25, 0.3) is 0 Å². The van der Waals surface area contributed by atoms with Gasteiger partial charge < -0.3 is 14.8 Å². The van der Waals surface area contributed by atoms with E-state index in [4.69, 9.17) is 9.47 Å². The van der Waals surface area contributed by atoms with Gasteiger partial charge in [0.2, 0.25) is 11.8 Å². The number of hydrogen-bond donors (Lipinski definition) is 2. The Morgan fingerprint density at radius 2 is 1.81 bits per heavy atom. The number of rotatable bonds is 10. The molecule has 0 saturated heterocycles. The molecule has 0 radical (unpaired) electrons. The highest BCUT2D eigenvalue weighted by molar-refractivity contribution is 14.1. The summed E-state index contributed by atoms with van der Waals surface area (Å²) in [6.07, 6.45) is 1.88. The number of amides is 2. The predicted molar refractivity (Wildman–Crippen MR) is 146 cm³/mol. The number of aryl methyl sites for hydroxylation is 1. The number of hydrazone groups is 1. The molecule has 0 aliphatic rings. The van der Waals surface area contributed by atoms with Crippen LogP contribution in [0.2, 0.25) is 0 Å². The van der Waals surface area contributed by atoms with E-state index >= 15 is 0 Å². The molecule has 0 fully saturated rings. The lowest BCUT2D eigenvalue weighted by Gasteiger charge is -2.14. The second-order valence-corrected chi connectivity index (χ2v) is 8.78. The summed E-state index contributed by atoms with van der Waals surface area (Å²) < 4.78 is 12.2. The molecule has 0 aliphatic heterocycles. The Hall–Kier alpha value is -3.91. The van der Waals surface area contributed by atoms with Crippen LogP contribution in [0.25, 0.3) is 0 Å². The second kappa shape index (κ2) is 13.3. The number of carbonyl (C=O) groups is 2. The molecule has 0 atom stereocenters. The summed E-state index contributed by atoms with van der Waals surface area (Å²) in [5.74, 6) is 0.0731. The van der Waals surface area contributed by atoms with Crippen LogP contribution in [0.1, 0.15) is 35.6 Å². The standard InChI is InChI=1S/C27H25IN4O4/c1-3-19-8-6-7-11-23(19)31-25(33)14-26(34)32-30-16-18-12-22(28)27(24(13-18)35-2)36-17-21-10-5-4-9-20(21)15-29/h4-13,16H,3,14,17H2,1-2H3,(H,31,33)(H,32,34). The first-order valence-corrected chi connectivity index (χ1v) is 12.2. The van der Waals surface area contributed by atoms with Crippen molar-refractivity contribution >= 4 is 46.3 Å². The molecule has 3 rings (SSSR count). The summed E-state index contributed by atoms with van der Waals surface area (Å²) in [7, 11) is 1.53. The van der Waals surface area contributed by atoms with Gasteiger partial charge in [0, 0.05) is 11.3 Å². The van der Waals surface area contributed by atoms with Gasteiger partial charge in [0.15, 0.2) is 11.5 Å². The lowest BCUT2D eigenvalue weighted by atomic mass is 10.1. The van der Waals surface area contributed by atoms with E-state index in [0.29, 0.717) is 28.3 Å². The molecule has 0 saturated carbocycles.